The van der Waals surface area contributed by atoms with E-state index in [2.05, 4.69) is 36.3 Å². The van der Waals surface area contributed by atoms with Crippen molar-refractivity contribution in [3.63, 3.8) is 0 Å². The Balaban J connectivity index is 1.45. The van der Waals surface area contributed by atoms with Crippen molar-refractivity contribution in [2.45, 2.75) is 51.7 Å². The predicted octanol–water partition coefficient (Wildman–Crippen LogP) is 3.94. The maximum absolute atomic E-state index is 11.6. The number of aromatic hydroxyl groups is 1. The molecule has 0 radical (unpaired) electrons. The first-order valence-corrected chi connectivity index (χ1v) is 10.7. The van der Waals surface area contributed by atoms with Crippen LogP contribution in [0.25, 0.3) is 10.9 Å². The lowest BCUT2D eigenvalue weighted by atomic mass is 9.82. The maximum Gasteiger partial charge on any atom is 0.248 e. The van der Waals surface area contributed by atoms with Crippen LogP contribution in [0.15, 0.2) is 52.4 Å². The van der Waals surface area contributed by atoms with Gasteiger partial charge in [0.25, 0.3) is 0 Å². The fourth-order valence-corrected chi connectivity index (χ4v) is 5.01. The van der Waals surface area contributed by atoms with E-state index in [9.17, 15) is 15.0 Å². The molecule has 4 rings (SSSR count). The average molecular weight is 395 g/mol. The van der Waals surface area contributed by atoms with E-state index >= 15 is 0 Å². The summed E-state index contributed by atoms with van der Waals surface area (Å²) >= 11 is 0. The van der Waals surface area contributed by atoms with E-state index in [0.29, 0.717) is 40.9 Å². The Bertz CT molecular complexity index is 992. The largest absolute Gasteiger partial charge is 0.506 e. The van der Waals surface area contributed by atoms with Gasteiger partial charge in [0.1, 0.15) is 5.75 Å². The van der Waals surface area contributed by atoms with Gasteiger partial charge in [-0.15, -0.1) is 0 Å². The van der Waals surface area contributed by atoms with Crippen molar-refractivity contribution in [3.8, 4) is 5.75 Å². The number of allylic oxidation sites excluding steroid dienone is 4. The number of benzene rings is 1. The van der Waals surface area contributed by atoms with Crippen molar-refractivity contribution >= 4 is 10.9 Å². The Labute approximate surface area is 171 Å². The number of phenolic OH excluding ortho intramolecular Hbond substituents is 1. The minimum Gasteiger partial charge on any atom is -0.506 e. The van der Waals surface area contributed by atoms with E-state index in [1.54, 1.807) is 12.1 Å². The summed E-state index contributed by atoms with van der Waals surface area (Å²) in [5.74, 6) is 1.20. The second kappa shape index (κ2) is 8.17. The molecule has 1 heterocycles. The number of pyridine rings is 1. The lowest BCUT2D eigenvalue weighted by molar-refractivity contribution is 0.171. The zero-order valence-corrected chi connectivity index (χ0v) is 17.1. The van der Waals surface area contributed by atoms with E-state index in [4.69, 9.17) is 0 Å². The van der Waals surface area contributed by atoms with E-state index in [0.717, 1.165) is 25.7 Å². The minimum absolute atomic E-state index is 0.0125. The van der Waals surface area contributed by atoms with Crippen LogP contribution in [0.3, 0.4) is 0 Å². The number of aromatic amines is 1. The summed E-state index contributed by atoms with van der Waals surface area (Å²) in [6.07, 6.45) is 8.62. The van der Waals surface area contributed by atoms with Gasteiger partial charge in [-0.25, -0.2) is 0 Å². The van der Waals surface area contributed by atoms with Crippen LogP contribution >= 0.6 is 0 Å². The van der Waals surface area contributed by atoms with Gasteiger partial charge < -0.3 is 20.5 Å². The number of hydrogen-bond donors (Lipinski definition) is 4. The highest BCUT2D eigenvalue weighted by atomic mass is 16.3. The Kier molecular flexibility index (Phi) is 5.61. The SMILES string of the molecule is CCC1=CC2CC(NC[C@H](O)c3ccc(O)c4[nH]c(=O)ccc34)CC2C=C1CC. The van der Waals surface area contributed by atoms with E-state index in [1.807, 2.05) is 0 Å². The average Bonchev–Trinajstić information content (AvgIpc) is 3.13. The van der Waals surface area contributed by atoms with E-state index in [-0.39, 0.29) is 11.3 Å². The number of aliphatic hydroxyl groups is 1. The molecule has 3 atom stereocenters. The monoisotopic (exact) mass is 394 g/mol. The van der Waals surface area contributed by atoms with Gasteiger partial charge in [-0.05, 0) is 66.4 Å². The number of phenols is 1. The van der Waals surface area contributed by atoms with Crippen LogP contribution in [0.2, 0.25) is 0 Å². The highest BCUT2D eigenvalue weighted by Crippen LogP contribution is 2.41. The summed E-state index contributed by atoms with van der Waals surface area (Å²) in [6.45, 7) is 4.90. The molecule has 0 saturated heterocycles. The Morgan fingerprint density at radius 1 is 1.07 bits per heavy atom. The molecular weight excluding hydrogens is 364 g/mol. The van der Waals surface area contributed by atoms with Gasteiger partial charge in [-0.2, -0.15) is 0 Å². The van der Waals surface area contributed by atoms with Crippen LogP contribution < -0.4 is 10.9 Å². The number of aliphatic hydroxyl groups excluding tert-OH is 1. The molecule has 1 saturated carbocycles. The van der Waals surface area contributed by atoms with Crippen LogP contribution in [0.1, 0.15) is 51.2 Å². The lowest BCUT2D eigenvalue weighted by Crippen LogP contribution is -2.31. The molecule has 4 N–H and O–H groups in total. The second-order valence-corrected chi connectivity index (χ2v) is 8.30. The van der Waals surface area contributed by atoms with E-state index < -0.39 is 6.10 Å². The highest BCUT2D eigenvalue weighted by Gasteiger charge is 2.34. The first-order chi connectivity index (χ1) is 14.0. The molecule has 0 aliphatic heterocycles. The number of nitrogens with one attached hydrogen (secondary N) is 2. The minimum atomic E-state index is -0.713. The molecular formula is C24H30N2O3. The van der Waals surface area contributed by atoms with Crippen molar-refractivity contribution in [3.05, 3.63) is 63.5 Å². The molecule has 1 aromatic heterocycles. The number of hydrogen-bond acceptors (Lipinski definition) is 4. The van der Waals surface area contributed by atoms with Crippen molar-refractivity contribution in [2.24, 2.45) is 11.8 Å². The molecule has 2 aromatic rings. The van der Waals surface area contributed by atoms with E-state index in [1.165, 1.54) is 23.3 Å². The number of fused-ring (bicyclic) bond motifs is 2. The lowest BCUT2D eigenvalue weighted by Gasteiger charge is -2.23. The molecule has 29 heavy (non-hydrogen) atoms. The van der Waals surface area contributed by atoms with Gasteiger partial charge in [-0.3, -0.25) is 4.79 Å². The summed E-state index contributed by atoms with van der Waals surface area (Å²) < 4.78 is 0. The fraction of sp³-hybridized carbons (Fsp3) is 0.458. The Hall–Kier alpha value is -2.37. The van der Waals surface area contributed by atoms with Gasteiger partial charge in [0.15, 0.2) is 0 Å². The molecule has 1 aromatic carbocycles. The van der Waals surface area contributed by atoms with Crippen LogP contribution in [0.4, 0.5) is 0 Å². The van der Waals surface area contributed by atoms with Crippen LogP contribution in [0, 0.1) is 11.8 Å². The van der Waals surface area contributed by atoms with Gasteiger partial charge >= 0.3 is 0 Å². The quantitative estimate of drug-likeness (QED) is 0.598. The normalized spacial score (nSPS) is 24.9. The Morgan fingerprint density at radius 2 is 1.72 bits per heavy atom. The topological polar surface area (TPSA) is 85.3 Å². The van der Waals surface area contributed by atoms with Crippen LogP contribution in [-0.2, 0) is 0 Å². The zero-order valence-electron chi connectivity index (χ0n) is 17.1. The molecule has 154 valence electrons. The van der Waals surface area contributed by atoms with Crippen LogP contribution in [0.5, 0.6) is 5.75 Å². The molecule has 5 nitrogen and oxygen atoms in total. The fourth-order valence-electron chi connectivity index (χ4n) is 5.01. The smallest absolute Gasteiger partial charge is 0.248 e. The molecule has 0 bridgehead atoms. The van der Waals surface area contributed by atoms with Gasteiger partial charge in [0.2, 0.25) is 5.56 Å². The molecule has 0 spiro atoms. The van der Waals surface area contributed by atoms with Gasteiger partial charge in [0.05, 0.1) is 11.6 Å². The number of aromatic nitrogens is 1. The second-order valence-electron chi connectivity index (χ2n) is 8.30. The number of H-pyrrole nitrogens is 1. The van der Waals surface area contributed by atoms with Crippen molar-refractivity contribution in [1.29, 1.82) is 0 Å². The summed E-state index contributed by atoms with van der Waals surface area (Å²) in [4.78, 5) is 14.2. The standard InChI is InChI=1S/C24H30N2O3/c1-3-14-9-16-11-18(12-17(16)10-15(14)4-2)25-13-22(28)19-5-7-21(27)24-20(19)6-8-23(29)26-24/h5-10,16-18,22,25,27-28H,3-4,11-13H2,1-2H3,(H,26,29)/t16?,17?,18?,22-/m0/s1. The summed E-state index contributed by atoms with van der Waals surface area (Å²) in [7, 11) is 0. The molecule has 0 amide bonds. The molecule has 2 aliphatic rings. The number of rotatable bonds is 6. The third-order valence-corrected chi connectivity index (χ3v) is 6.53. The zero-order chi connectivity index (χ0) is 20.5. The third kappa shape index (κ3) is 3.89. The first-order valence-electron chi connectivity index (χ1n) is 10.7. The molecule has 5 heteroatoms. The van der Waals surface area contributed by atoms with Crippen molar-refractivity contribution in [2.75, 3.05) is 6.54 Å². The predicted molar refractivity (Wildman–Crippen MR) is 116 cm³/mol. The van der Waals surface area contributed by atoms with Crippen LogP contribution in [-0.4, -0.2) is 27.8 Å². The molecule has 2 aliphatic carbocycles. The third-order valence-electron chi connectivity index (χ3n) is 6.53. The summed E-state index contributed by atoms with van der Waals surface area (Å²) in [5.41, 5.74) is 3.80. The molecule has 2 unspecified atom stereocenters. The summed E-state index contributed by atoms with van der Waals surface area (Å²) in [5, 5.41) is 25.0. The molecule has 1 fully saturated rings. The Morgan fingerprint density at radius 3 is 2.34 bits per heavy atom. The summed E-state index contributed by atoms with van der Waals surface area (Å²) in [6, 6.07) is 6.70. The highest BCUT2D eigenvalue weighted by molar-refractivity contribution is 5.87. The maximum atomic E-state index is 11.6. The van der Waals surface area contributed by atoms with Crippen molar-refractivity contribution in [1.82, 2.24) is 10.3 Å². The van der Waals surface area contributed by atoms with Gasteiger partial charge in [0, 0.05) is 24.0 Å². The van der Waals surface area contributed by atoms with Gasteiger partial charge in [-0.1, -0.05) is 32.1 Å². The van der Waals surface area contributed by atoms with Crippen molar-refractivity contribution < 1.29 is 10.2 Å². The first kappa shape index (κ1) is 19.9.